The van der Waals surface area contributed by atoms with Crippen molar-refractivity contribution in [2.24, 2.45) is 0 Å². The monoisotopic (exact) mass is 1900 g/mol. The number of benzene rings is 23. The van der Waals surface area contributed by atoms with E-state index < -0.39 is 0 Å². The Morgan fingerprint density at radius 3 is 0.758 bits per heavy atom. The number of anilines is 6. The number of rotatable bonds is 12. The lowest BCUT2D eigenvalue weighted by Crippen LogP contribution is -2.16. The van der Waals surface area contributed by atoms with Crippen molar-refractivity contribution in [2.45, 2.75) is 19.3 Å². The summed E-state index contributed by atoms with van der Waals surface area (Å²) in [5.41, 5.74) is 41.2. The maximum absolute atomic E-state index is 2.54. The summed E-state index contributed by atoms with van der Waals surface area (Å²) in [7, 11) is 0. The standard InChI is InChI=1S/C57H39N3.C54H35N3.C30H18N2/c1-57(2)48-21-11-9-18-42(48)43-30-28-41(35-49(43)57)58(39-26-24-37(25-27-39)36-14-5-3-6-15-36)40-29-32-51-47(34-40)45-20-13-23-52-54(45)55-53(59(52)38-16-7-4-8-17-38)33-31-46-44-19-10-12-22-50(44)60(51)56(46)55;1-4-13-36(14-5-1)38-23-27-41(28-24-38)55(42-29-25-39(26-30-42)37-15-6-2-7-16-37)43-31-33-49-47(35-43)45-20-12-22-50-52(45)53-51(56(50)40-17-8-3-9-18-40)34-32-46-44-19-10-11-21-48(44)57(49)54(46)53;1-2-9-19(10-3-1)31-26-16-8-13-22-20-11-4-6-14-24(20)32-25-15-7-5-12-21(25)23-17-18-27(31)29(28(22)26)30(23)32/h3-35H,1-2H3;1-35H;1-18H. The number of hydrogen-bond donors (Lipinski definition) is 0. The van der Waals surface area contributed by atoms with Crippen molar-refractivity contribution in [3.8, 4) is 61.6 Å². The lowest BCUT2D eigenvalue weighted by Gasteiger charge is -2.28. The van der Waals surface area contributed by atoms with E-state index in [1.54, 1.807) is 0 Å². The SMILES string of the molecule is CC1(C)c2ccccc2-c2ccc(N(c3ccc(-c4ccccc4)cc3)c3ccc4c(c3)c3cccc5c3c3c(ccc6c7ccccc7n4c63)n5-c3ccccc3)cc21.c1ccc(-c2ccc(N(c3ccc(-c4ccccc4)cc3)c3ccc4c(c3)c3cccc5c3c3c(ccc6c7ccccc7n4c63)n5-c3ccccc3)cc2)cc1.c1ccc(-n2c3cccc4c5ccccc5n5c6ccccc6c6ccc2c(c43)c65)cc1. The van der Waals surface area contributed by atoms with Gasteiger partial charge in [-0.15, -0.1) is 0 Å². The van der Waals surface area contributed by atoms with Gasteiger partial charge in [0.05, 0.1) is 82.8 Å². The molecule has 0 aliphatic heterocycles. The molecular weight excluding hydrogens is 1810 g/mol. The van der Waals surface area contributed by atoms with Crippen molar-refractivity contribution in [2.75, 3.05) is 9.80 Å². The van der Waals surface area contributed by atoms with Gasteiger partial charge in [0.1, 0.15) is 0 Å². The molecule has 0 N–H and O–H groups in total. The third-order valence-corrected chi connectivity index (χ3v) is 32.3. The zero-order chi connectivity index (χ0) is 98.0. The van der Waals surface area contributed by atoms with Crippen molar-refractivity contribution in [3.63, 3.8) is 0 Å². The molecule has 0 atom stereocenters. The van der Waals surface area contributed by atoms with Crippen LogP contribution >= 0.6 is 0 Å². The molecule has 0 radical (unpaired) electrons. The molecule has 0 saturated carbocycles. The first kappa shape index (κ1) is 84.0. The van der Waals surface area contributed by atoms with Crippen LogP contribution < -0.4 is 9.80 Å². The van der Waals surface area contributed by atoms with E-state index in [1.165, 1.54) is 241 Å². The Morgan fingerprint density at radius 1 is 0.154 bits per heavy atom. The maximum atomic E-state index is 2.54. The predicted octanol–water partition coefficient (Wildman–Crippen LogP) is 38.0. The molecule has 0 bridgehead atoms. The summed E-state index contributed by atoms with van der Waals surface area (Å²) < 4.78 is 14.9. The molecule has 1 aliphatic rings. The molecule has 0 fully saturated rings. The molecule has 1 aliphatic carbocycles. The van der Waals surface area contributed by atoms with Gasteiger partial charge in [0.2, 0.25) is 0 Å². The van der Waals surface area contributed by atoms with Crippen LogP contribution in [0.5, 0.6) is 0 Å². The molecule has 0 spiro atoms. The van der Waals surface area contributed by atoms with Gasteiger partial charge in [0.25, 0.3) is 0 Å². The largest absolute Gasteiger partial charge is 0.310 e. The predicted molar refractivity (Wildman–Crippen MR) is 630 cm³/mol. The summed E-state index contributed by atoms with van der Waals surface area (Å²) in [6, 6.07) is 191. The van der Waals surface area contributed by atoms with E-state index in [0.717, 1.165) is 45.5 Å². The van der Waals surface area contributed by atoms with E-state index >= 15 is 0 Å². The topological polar surface area (TPSA) is 34.5 Å². The minimum absolute atomic E-state index is 0.127. The van der Waals surface area contributed by atoms with Gasteiger partial charge < -0.3 is 36.7 Å². The van der Waals surface area contributed by atoms with Crippen LogP contribution in [0.2, 0.25) is 0 Å². The molecular formula is C141H92N8. The number of hydrogen-bond acceptors (Lipinski definition) is 2. The molecule has 33 rings (SSSR count). The van der Waals surface area contributed by atoms with Crippen LogP contribution in [0.4, 0.5) is 34.1 Å². The molecule has 0 unspecified atom stereocenters. The number of nitrogens with zero attached hydrogens (tertiary/aromatic N) is 8. The molecule has 8 nitrogen and oxygen atoms in total. The van der Waals surface area contributed by atoms with Crippen LogP contribution in [0.15, 0.2) is 522 Å². The first-order valence-corrected chi connectivity index (χ1v) is 51.6. The zero-order valence-electron chi connectivity index (χ0n) is 81.7. The fourth-order valence-electron chi connectivity index (χ4n) is 25.9. The molecule has 9 heterocycles. The summed E-state index contributed by atoms with van der Waals surface area (Å²) in [6.07, 6.45) is 0. The fraction of sp³-hybridized carbons (Fsp3) is 0.0213. The second kappa shape index (κ2) is 32.7. The minimum atomic E-state index is -0.127. The van der Waals surface area contributed by atoms with Gasteiger partial charge in [-0.3, -0.25) is 0 Å². The van der Waals surface area contributed by atoms with Crippen molar-refractivity contribution in [1.29, 1.82) is 0 Å². The normalized spacial score (nSPS) is 12.6. The Kier molecular flexibility index (Phi) is 18.5. The minimum Gasteiger partial charge on any atom is -0.310 e. The highest BCUT2D eigenvalue weighted by molar-refractivity contribution is 6.37. The molecule has 8 heteroatoms. The lowest BCUT2D eigenvalue weighted by atomic mass is 9.82. The Hall–Kier alpha value is -19.5. The van der Waals surface area contributed by atoms with E-state index in [0.29, 0.717) is 0 Å². The van der Waals surface area contributed by atoms with Crippen molar-refractivity contribution >= 4 is 214 Å². The third-order valence-electron chi connectivity index (χ3n) is 32.3. The number of para-hydroxylation sites is 7. The van der Waals surface area contributed by atoms with Gasteiger partial charge in [0, 0.05) is 137 Å². The maximum Gasteiger partial charge on any atom is 0.0641 e. The van der Waals surface area contributed by atoms with Gasteiger partial charge in [-0.1, -0.05) is 354 Å². The summed E-state index contributed by atoms with van der Waals surface area (Å²) in [6.45, 7) is 4.73. The summed E-state index contributed by atoms with van der Waals surface area (Å²) in [5.74, 6) is 0. The summed E-state index contributed by atoms with van der Waals surface area (Å²) in [4.78, 5) is 4.86. The number of aromatic nitrogens is 6. The number of fused-ring (bicyclic) bond motifs is 21. The highest BCUT2D eigenvalue weighted by Crippen LogP contribution is 2.55. The summed E-state index contributed by atoms with van der Waals surface area (Å²) >= 11 is 0. The van der Waals surface area contributed by atoms with Crippen LogP contribution in [0.1, 0.15) is 25.0 Å². The van der Waals surface area contributed by atoms with Gasteiger partial charge in [-0.25, -0.2) is 0 Å². The van der Waals surface area contributed by atoms with E-state index in [2.05, 4.69) is 572 Å². The average molecular weight is 1900 g/mol. The van der Waals surface area contributed by atoms with Crippen LogP contribution in [0, 0.1) is 0 Å². The fourth-order valence-corrected chi connectivity index (χ4v) is 25.9. The van der Waals surface area contributed by atoms with Crippen LogP contribution in [-0.4, -0.2) is 26.9 Å². The van der Waals surface area contributed by atoms with Gasteiger partial charge in [-0.05, 0) is 254 Å². The van der Waals surface area contributed by atoms with E-state index in [9.17, 15) is 0 Å². The zero-order valence-corrected chi connectivity index (χ0v) is 81.7. The second-order valence-electron chi connectivity index (χ2n) is 40.5. The van der Waals surface area contributed by atoms with Crippen molar-refractivity contribution in [1.82, 2.24) is 26.9 Å². The van der Waals surface area contributed by atoms with Gasteiger partial charge >= 0.3 is 0 Å². The highest BCUT2D eigenvalue weighted by Gasteiger charge is 2.37. The first-order chi connectivity index (χ1) is 73.8. The Labute approximate surface area is 858 Å². The van der Waals surface area contributed by atoms with Crippen molar-refractivity contribution < 1.29 is 0 Å². The molecule has 0 amide bonds. The van der Waals surface area contributed by atoms with Gasteiger partial charge in [-0.2, -0.15) is 0 Å². The second-order valence-corrected chi connectivity index (χ2v) is 40.5. The van der Waals surface area contributed by atoms with E-state index in [4.69, 9.17) is 0 Å². The molecule has 23 aromatic carbocycles. The average Bonchev–Trinajstić information content (AvgIpc) is 1.53. The quantitative estimate of drug-likeness (QED) is 0.122. The van der Waals surface area contributed by atoms with Crippen LogP contribution in [0.25, 0.3) is 241 Å². The smallest absolute Gasteiger partial charge is 0.0641 e. The van der Waals surface area contributed by atoms with E-state index in [1.807, 2.05) is 0 Å². The molecule has 9 aromatic heterocycles. The van der Waals surface area contributed by atoms with Crippen LogP contribution in [0.3, 0.4) is 0 Å². The third kappa shape index (κ3) is 12.5. The van der Waals surface area contributed by atoms with Crippen LogP contribution in [-0.2, 0) is 5.41 Å². The molecule has 0 saturated heterocycles. The van der Waals surface area contributed by atoms with Gasteiger partial charge in [0.15, 0.2) is 0 Å². The first-order valence-electron chi connectivity index (χ1n) is 51.6. The van der Waals surface area contributed by atoms with Crippen molar-refractivity contribution in [3.05, 3.63) is 533 Å². The highest BCUT2D eigenvalue weighted by atomic mass is 15.2. The summed E-state index contributed by atoms with van der Waals surface area (Å²) in [5, 5.41) is 23.0. The Morgan fingerprint density at radius 2 is 0.396 bits per heavy atom. The lowest BCUT2D eigenvalue weighted by molar-refractivity contribution is 0.660. The molecule has 696 valence electrons. The Bertz CT molecular complexity index is 10900. The molecule has 32 aromatic rings. The Balaban J connectivity index is 0.000000105. The van der Waals surface area contributed by atoms with E-state index in [-0.39, 0.29) is 5.41 Å². The molecule has 149 heavy (non-hydrogen) atoms.